The van der Waals surface area contributed by atoms with Crippen LogP contribution in [0.1, 0.15) is 19.8 Å². The zero-order valence-corrected chi connectivity index (χ0v) is 16.0. The van der Waals surface area contributed by atoms with Gasteiger partial charge in [-0.1, -0.05) is 37.3 Å². The summed E-state index contributed by atoms with van der Waals surface area (Å²) in [4.78, 5) is 14.5. The van der Waals surface area contributed by atoms with Crippen molar-refractivity contribution in [3.8, 4) is 0 Å². The Morgan fingerprint density at radius 2 is 1.81 bits per heavy atom. The Bertz CT molecular complexity index is 902. The largest absolute Gasteiger partial charge is 0.341 e. The molecule has 1 aliphatic heterocycles. The number of piperidine rings is 1. The summed E-state index contributed by atoms with van der Waals surface area (Å²) < 4.78 is 41.6. The molecule has 0 N–H and O–H groups in total. The van der Waals surface area contributed by atoms with Crippen LogP contribution in [-0.4, -0.2) is 38.9 Å². The first-order chi connectivity index (χ1) is 12.9. The molecule has 0 saturated carbocycles. The minimum Gasteiger partial charge on any atom is -0.341 e. The van der Waals surface area contributed by atoms with E-state index in [4.69, 9.17) is 0 Å². The summed E-state index contributed by atoms with van der Waals surface area (Å²) in [6.45, 7) is 2.83. The molecule has 1 amide bonds. The number of carbonyl (C=O) groups is 1. The Hall–Kier alpha value is -2.41. The van der Waals surface area contributed by atoms with E-state index in [9.17, 15) is 17.6 Å². The lowest BCUT2D eigenvalue weighted by molar-refractivity contribution is -0.131. The van der Waals surface area contributed by atoms with Crippen LogP contribution in [-0.2, 0) is 14.8 Å². The number of amides is 1. The summed E-state index contributed by atoms with van der Waals surface area (Å²) in [6.07, 6.45) is 1.93. The molecule has 7 heteroatoms. The monoisotopic (exact) mass is 390 g/mol. The van der Waals surface area contributed by atoms with Crippen molar-refractivity contribution in [2.24, 2.45) is 5.92 Å². The van der Waals surface area contributed by atoms with Gasteiger partial charge in [-0.05, 0) is 43.0 Å². The minimum atomic E-state index is -4.08. The number of rotatable bonds is 5. The normalized spacial score (nSPS) is 17.6. The average Bonchev–Trinajstić information content (AvgIpc) is 2.67. The highest BCUT2D eigenvalue weighted by Crippen LogP contribution is 2.26. The van der Waals surface area contributed by atoms with Gasteiger partial charge in [-0.3, -0.25) is 9.10 Å². The van der Waals surface area contributed by atoms with Gasteiger partial charge in [0.2, 0.25) is 5.91 Å². The van der Waals surface area contributed by atoms with Gasteiger partial charge >= 0.3 is 0 Å². The van der Waals surface area contributed by atoms with Gasteiger partial charge in [0.25, 0.3) is 10.0 Å². The number of likely N-dealkylation sites (tertiary alicyclic amines) is 1. The zero-order chi connectivity index (χ0) is 19.4. The SMILES string of the molecule is C[C@H]1CCCN(C(=O)CN(c2ccccc2F)S(=O)(=O)c2ccccc2)C1. The maximum atomic E-state index is 14.4. The molecule has 0 aliphatic carbocycles. The first kappa shape index (κ1) is 19.4. The summed E-state index contributed by atoms with van der Waals surface area (Å²) >= 11 is 0. The van der Waals surface area contributed by atoms with Crippen molar-refractivity contribution in [1.29, 1.82) is 0 Å². The second-order valence-corrected chi connectivity index (χ2v) is 8.73. The summed E-state index contributed by atoms with van der Waals surface area (Å²) in [7, 11) is -4.08. The topological polar surface area (TPSA) is 57.7 Å². The van der Waals surface area contributed by atoms with Gasteiger partial charge in [-0.15, -0.1) is 0 Å². The number of sulfonamides is 1. The van der Waals surface area contributed by atoms with Gasteiger partial charge in [0, 0.05) is 13.1 Å². The van der Waals surface area contributed by atoms with E-state index in [1.165, 1.54) is 30.3 Å². The predicted molar refractivity (Wildman–Crippen MR) is 102 cm³/mol. The molecule has 144 valence electrons. The number of halogens is 1. The van der Waals surface area contributed by atoms with E-state index in [1.54, 1.807) is 29.2 Å². The molecule has 1 saturated heterocycles. The van der Waals surface area contributed by atoms with Crippen molar-refractivity contribution in [1.82, 2.24) is 4.90 Å². The summed E-state index contributed by atoms with van der Waals surface area (Å²) in [5.74, 6) is -0.628. The number of hydrogen-bond donors (Lipinski definition) is 0. The zero-order valence-electron chi connectivity index (χ0n) is 15.2. The Kier molecular flexibility index (Phi) is 5.79. The van der Waals surface area contributed by atoms with Gasteiger partial charge in [-0.25, -0.2) is 12.8 Å². The highest BCUT2D eigenvalue weighted by molar-refractivity contribution is 7.92. The molecular formula is C20H23FN2O3S. The average molecular weight is 390 g/mol. The van der Waals surface area contributed by atoms with Crippen LogP contribution in [0.4, 0.5) is 10.1 Å². The van der Waals surface area contributed by atoms with Crippen LogP contribution in [0.3, 0.4) is 0 Å². The molecule has 0 aromatic heterocycles. The van der Waals surface area contributed by atoms with Crippen LogP contribution in [0.2, 0.25) is 0 Å². The Morgan fingerprint density at radius 1 is 1.15 bits per heavy atom. The summed E-state index contributed by atoms with van der Waals surface area (Å²) in [6, 6.07) is 13.4. The molecule has 1 fully saturated rings. The van der Waals surface area contributed by atoms with E-state index < -0.39 is 22.4 Å². The first-order valence-electron chi connectivity index (χ1n) is 8.99. The maximum Gasteiger partial charge on any atom is 0.264 e. The predicted octanol–water partition coefficient (Wildman–Crippen LogP) is 3.28. The lowest BCUT2D eigenvalue weighted by Gasteiger charge is -2.33. The van der Waals surface area contributed by atoms with E-state index >= 15 is 0 Å². The third-order valence-electron chi connectivity index (χ3n) is 4.74. The van der Waals surface area contributed by atoms with E-state index in [-0.39, 0.29) is 16.5 Å². The molecule has 1 heterocycles. The molecule has 0 radical (unpaired) electrons. The van der Waals surface area contributed by atoms with E-state index in [2.05, 4.69) is 6.92 Å². The van der Waals surface area contributed by atoms with E-state index in [1.807, 2.05) is 0 Å². The number of benzene rings is 2. The van der Waals surface area contributed by atoms with Crippen molar-refractivity contribution in [3.63, 3.8) is 0 Å². The molecule has 27 heavy (non-hydrogen) atoms. The summed E-state index contributed by atoms with van der Waals surface area (Å²) in [5, 5.41) is 0. The van der Waals surface area contributed by atoms with E-state index in [0.29, 0.717) is 19.0 Å². The van der Waals surface area contributed by atoms with Crippen molar-refractivity contribution < 1.29 is 17.6 Å². The van der Waals surface area contributed by atoms with Gasteiger partial charge in [0.1, 0.15) is 12.4 Å². The van der Waals surface area contributed by atoms with Crippen LogP contribution in [0.15, 0.2) is 59.5 Å². The fourth-order valence-electron chi connectivity index (χ4n) is 3.31. The molecule has 0 unspecified atom stereocenters. The van der Waals surface area contributed by atoms with Crippen LogP contribution in [0.5, 0.6) is 0 Å². The molecule has 3 rings (SSSR count). The molecule has 0 bridgehead atoms. The third-order valence-corrected chi connectivity index (χ3v) is 6.51. The lowest BCUT2D eigenvalue weighted by Crippen LogP contribution is -2.46. The molecule has 0 spiro atoms. The van der Waals surface area contributed by atoms with Crippen molar-refractivity contribution in [2.45, 2.75) is 24.7 Å². The van der Waals surface area contributed by atoms with Gasteiger partial charge in [-0.2, -0.15) is 0 Å². The fourth-order valence-corrected chi connectivity index (χ4v) is 4.76. The molecule has 1 atom stereocenters. The number of carbonyl (C=O) groups excluding carboxylic acids is 1. The molecular weight excluding hydrogens is 367 g/mol. The molecule has 1 aliphatic rings. The first-order valence-corrected chi connectivity index (χ1v) is 10.4. The number of nitrogens with zero attached hydrogens (tertiary/aromatic N) is 2. The number of anilines is 1. The molecule has 2 aromatic rings. The number of hydrogen-bond acceptors (Lipinski definition) is 3. The number of para-hydroxylation sites is 1. The van der Waals surface area contributed by atoms with Crippen LogP contribution in [0, 0.1) is 11.7 Å². The minimum absolute atomic E-state index is 0.0214. The van der Waals surface area contributed by atoms with Crippen molar-refractivity contribution in [2.75, 3.05) is 23.9 Å². The van der Waals surface area contributed by atoms with Gasteiger partial charge in [0.05, 0.1) is 10.6 Å². The highest BCUT2D eigenvalue weighted by atomic mass is 32.2. The molecule has 5 nitrogen and oxygen atoms in total. The smallest absolute Gasteiger partial charge is 0.264 e. The maximum absolute atomic E-state index is 14.4. The standard InChI is InChI=1S/C20H23FN2O3S/c1-16-8-7-13-22(14-16)20(24)15-23(19-12-6-5-11-18(19)21)27(25,26)17-9-3-2-4-10-17/h2-6,9-12,16H,7-8,13-15H2,1H3/t16-/m0/s1. The van der Waals surface area contributed by atoms with E-state index in [0.717, 1.165) is 17.1 Å². The second-order valence-electron chi connectivity index (χ2n) is 6.86. The second kappa shape index (κ2) is 8.08. The quantitative estimate of drug-likeness (QED) is 0.787. The Balaban J connectivity index is 1.96. The van der Waals surface area contributed by atoms with Crippen molar-refractivity contribution in [3.05, 3.63) is 60.4 Å². The van der Waals surface area contributed by atoms with Gasteiger partial charge < -0.3 is 4.90 Å². The van der Waals surface area contributed by atoms with Crippen molar-refractivity contribution >= 4 is 21.6 Å². The summed E-state index contributed by atoms with van der Waals surface area (Å²) in [5.41, 5.74) is -0.125. The van der Waals surface area contributed by atoms with Crippen LogP contribution in [0.25, 0.3) is 0 Å². The third kappa shape index (κ3) is 4.30. The fraction of sp³-hybridized carbons (Fsp3) is 0.350. The Labute approximate surface area is 159 Å². The molecule has 2 aromatic carbocycles. The van der Waals surface area contributed by atoms with Gasteiger partial charge in [0.15, 0.2) is 0 Å². The lowest BCUT2D eigenvalue weighted by atomic mass is 10.0. The highest BCUT2D eigenvalue weighted by Gasteiger charge is 2.31. The van der Waals surface area contributed by atoms with Crippen LogP contribution >= 0.6 is 0 Å². The van der Waals surface area contributed by atoms with Crippen LogP contribution < -0.4 is 4.31 Å². The Morgan fingerprint density at radius 3 is 2.48 bits per heavy atom.